The summed E-state index contributed by atoms with van der Waals surface area (Å²) in [4.78, 5) is 31.8. The van der Waals surface area contributed by atoms with Crippen LogP contribution in [0.3, 0.4) is 0 Å². The first kappa shape index (κ1) is 23.7. The molecule has 0 spiro atoms. The SMILES string of the molecule is CC1=C[N+]2(C(=O)CNC3CC3)C=CC(N(C)C(=O)CN)=C(OCc3c(Cl)cccc3Cl)C2=N1. The zero-order valence-corrected chi connectivity index (χ0v) is 20.0. The van der Waals surface area contributed by atoms with Crippen LogP contribution in [0.2, 0.25) is 10.0 Å². The largest absolute Gasteiger partial charge is 0.480 e. The van der Waals surface area contributed by atoms with Crippen LogP contribution in [0.4, 0.5) is 0 Å². The van der Waals surface area contributed by atoms with E-state index in [0.29, 0.717) is 44.6 Å². The summed E-state index contributed by atoms with van der Waals surface area (Å²) in [6.07, 6.45) is 7.33. The van der Waals surface area contributed by atoms with Crippen molar-refractivity contribution >= 4 is 40.9 Å². The fourth-order valence-electron chi connectivity index (χ4n) is 3.76. The molecule has 0 radical (unpaired) electrons. The zero-order valence-electron chi connectivity index (χ0n) is 18.5. The van der Waals surface area contributed by atoms with Crippen LogP contribution < -0.4 is 11.1 Å². The number of nitrogens with one attached hydrogen (secondary N) is 1. The van der Waals surface area contributed by atoms with Gasteiger partial charge in [0.25, 0.3) is 5.84 Å². The Balaban J connectivity index is 1.72. The number of likely N-dealkylation sites (N-methyl/N-ethyl adjacent to an activating group) is 1. The van der Waals surface area contributed by atoms with Crippen molar-refractivity contribution in [3.05, 3.63) is 69.4 Å². The molecule has 33 heavy (non-hydrogen) atoms. The maximum Gasteiger partial charge on any atom is 0.343 e. The summed E-state index contributed by atoms with van der Waals surface area (Å²) in [5, 5.41) is 4.18. The summed E-state index contributed by atoms with van der Waals surface area (Å²) in [5.41, 5.74) is 7.30. The minimum Gasteiger partial charge on any atom is -0.480 e. The van der Waals surface area contributed by atoms with E-state index in [9.17, 15) is 9.59 Å². The third-order valence-corrected chi connectivity index (χ3v) is 6.50. The number of fused-ring (bicyclic) bond motifs is 1. The molecule has 3 N–H and O–H groups in total. The molecule has 0 saturated heterocycles. The molecular weight excluding hydrogens is 465 g/mol. The second-order valence-corrected chi connectivity index (χ2v) is 9.02. The van der Waals surface area contributed by atoms with Crippen LogP contribution in [0.15, 0.2) is 58.8 Å². The van der Waals surface area contributed by atoms with Gasteiger partial charge in [-0.05, 0) is 31.9 Å². The fraction of sp³-hybridized carbons (Fsp3) is 0.348. The van der Waals surface area contributed by atoms with Crippen molar-refractivity contribution in [3.8, 4) is 0 Å². The molecule has 2 amide bonds. The molecule has 1 aromatic carbocycles. The zero-order chi connectivity index (χ0) is 23.8. The predicted octanol–water partition coefficient (Wildman–Crippen LogP) is 3.03. The molecule has 1 aliphatic carbocycles. The number of amides is 2. The maximum absolute atomic E-state index is 13.4. The number of nitrogens with two attached hydrogens (primary N) is 1. The molecule has 1 saturated carbocycles. The Kier molecular flexibility index (Phi) is 6.74. The van der Waals surface area contributed by atoms with E-state index in [1.54, 1.807) is 43.7 Å². The Labute approximate surface area is 202 Å². The highest BCUT2D eigenvalue weighted by Gasteiger charge is 2.49. The summed E-state index contributed by atoms with van der Waals surface area (Å²) < 4.78 is 5.98. The van der Waals surface area contributed by atoms with E-state index in [4.69, 9.17) is 33.7 Å². The second-order valence-electron chi connectivity index (χ2n) is 8.21. The highest BCUT2D eigenvalue weighted by Crippen LogP contribution is 2.35. The fourth-order valence-corrected chi connectivity index (χ4v) is 4.26. The average molecular weight is 491 g/mol. The summed E-state index contributed by atoms with van der Waals surface area (Å²) in [5.74, 6) is 0.270. The number of rotatable bonds is 8. The molecule has 1 aromatic rings. The van der Waals surface area contributed by atoms with Gasteiger partial charge in [-0.1, -0.05) is 29.3 Å². The Morgan fingerprint density at radius 3 is 2.64 bits per heavy atom. The predicted molar refractivity (Wildman–Crippen MR) is 127 cm³/mol. The van der Waals surface area contributed by atoms with E-state index < -0.39 is 0 Å². The molecule has 1 fully saturated rings. The molecule has 1 atom stereocenters. The van der Waals surface area contributed by atoms with Gasteiger partial charge in [0.2, 0.25) is 11.7 Å². The lowest BCUT2D eigenvalue weighted by Gasteiger charge is -2.32. The van der Waals surface area contributed by atoms with Gasteiger partial charge in [0.05, 0.1) is 17.9 Å². The van der Waals surface area contributed by atoms with E-state index in [2.05, 4.69) is 10.3 Å². The first-order valence-corrected chi connectivity index (χ1v) is 11.4. The minimum atomic E-state index is -0.309. The molecule has 0 bridgehead atoms. The average Bonchev–Trinajstić information content (AvgIpc) is 3.55. The molecule has 3 aliphatic rings. The van der Waals surface area contributed by atoms with Crippen molar-refractivity contribution in [1.82, 2.24) is 10.2 Å². The van der Waals surface area contributed by atoms with Gasteiger partial charge in [-0.15, -0.1) is 0 Å². The molecule has 2 aliphatic heterocycles. The lowest BCUT2D eigenvalue weighted by molar-refractivity contribution is -0.646. The van der Waals surface area contributed by atoms with Gasteiger partial charge >= 0.3 is 5.91 Å². The van der Waals surface area contributed by atoms with E-state index >= 15 is 0 Å². The summed E-state index contributed by atoms with van der Waals surface area (Å²) in [6.45, 7) is 1.86. The number of benzene rings is 1. The molecule has 4 rings (SSSR count). The molecule has 10 heteroatoms. The van der Waals surface area contributed by atoms with Crippen LogP contribution in [0, 0.1) is 0 Å². The molecule has 2 heterocycles. The van der Waals surface area contributed by atoms with Crippen LogP contribution in [0.25, 0.3) is 0 Å². The molecule has 8 nitrogen and oxygen atoms in total. The van der Waals surface area contributed by atoms with Crippen LogP contribution in [-0.4, -0.2) is 53.2 Å². The van der Waals surface area contributed by atoms with E-state index in [1.807, 2.05) is 6.92 Å². The van der Waals surface area contributed by atoms with E-state index in [-0.39, 0.29) is 36.0 Å². The van der Waals surface area contributed by atoms with Crippen LogP contribution in [-0.2, 0) is 20.9 Å². The lowest BCUT2D eigenvalue weighted by Crippen LogP contribution is -2.53. The Morgan fingerprint density at radius 2 is 2.00 bits per heavy atom. The number of hydrogen-bond donors (Lipinski definition) is 2. The van der Waals surface area contributed by atoms with Gasteiger partial charge in [0.1, 0.15) is 25.6 Å². The number of halogens is 2. The molecule has 1 unspecified atom stereocenters. The third-order valence-electron chi connectivity index (χ3n) is 5.79. The van der Waals surface area contributed by atoms with E-state index in [1.165, 1.54) is 4.90 Å². The smallest absolute Gasteiger partial charge is 0.343 e. The lowest BCUT2D eigenvalue weighted by atomic mass is 10.1. The summed E-state index contributed by atoms with van der Waals surface area (Å²) in [6, 6.07) is 5.57. The highest BCUT2D eigenvalue weighted by molar-refractivity contribution is 6.35. The number of hydrogen-bond acceptors (Lipinski definition) is 6. The number of carbonyl (C=O) groups excluding carboxylic acids is 2. The summed E-state index contributed by atoms with van der Waals surface area (Å²) in [7, 11) is 1.60. The first-order valence-electron chi connectivity index (χ1n) is 10.7. The summed E-state index contributed by atoms with van der Waals surface area (Å²) >= 11 is 12.7. The van der Waals surface area contributed by atoms with Gasteiger partial charge in [-0.3, -0.25) is 4.79 Å². The Morgan fingerprint density at radius 1 is 1.30 bits per heavy atom. The topological polar surface area (TPSA) is 97.0 Å². The Bertz CT molecular complexity index is 1100. The van der Waals surface area contributed by atoms with Crippen LogP contribution in [0.1, 0.15) is 25.3 Å². The number of carbonyl (C=O) groups is 2. The Hall–Kier alpha value is -2.49. The molecule has 174 valence electrons. The van der Waals surface area contributed by atoms with Gasteiger partial charge in [-0.2, -0.15) is 9.48 Å². The highest BCUT2D eigenvalue weighted by atomic mass is 35.5. The van der Waals surface area contributed by atoms with E-state index in [0.717, 1.165) is 12.8 Å². The monoisotopic (exact) mass is 490 g/mol. The molecule has 0 aromatic heterocycles. The van der Waals surface area contributed by atoms with Gasteiger partial charge in [0, 0.05) is 34.8 Å². The number of allylic oxidation sites excluding steroid dienone is 2. The molecular formula is C23H26Cl2N5O3+. The van der Waals surface area contributed by atoms with Crippen molar-refractivity contribution in [2.45, 2.75) is 32.4 Å². The second kappa shape index (κ2) is 9.40. The number of aliphatic imine (C=N–C) groups is 1. The van der Waals surface area contributed by atoms with Crippen molar-refractivity contribution < 1.29 is 18.8 Å². The van der Waals surface area contributed by atoms with Gasteiger partial charge in [-0.25, -0.2) is 4.79 Å². The standard InChI is InChI=1S/C23H26Cl2N5O3/c1-14-12-30(21(32)11-27-15-6-7-15)9-8-19(29(2)20(31)10-26)22(23(30)28-14)33-13-16-17(24)4-3-5-18(16)25/h3-5,8-9,12,15,27H,6-7,10-11,13,26H2,1-2H3/q+1. The van der Waals surface area contributed by atoms with Crippen molar-refractivity contribution in [1.29, 1.82) is 0 Å². The van der Waals surface area contributed by atoms with Crippen molar-refractivity contribution in [2.75, 3.05) is 20.1 Å². The van der Waals surface area contributed by atoms with Crippen LogP contribution >= 0.6 is 23.2 Å². The number of quaternary nitrogens is 1. The number of ether oxygens (including phenoxy) is 1. The third kappa shape index (κ3) is 4.62. The quantitative estimate of drug-likeness (QED) is 0.545. The first-order chi connectivity index (χ1) is 15.8. The number of nitrogens with zero attached hydrogens (tertiary/aromatic N) is 3. The van der Waals surface area contributed by atoms with Gasteiger partial charge < -0.3 is 20.7 Å². The van der Waals surface area contributed by atoms with Crippen LogP contribution in [0.5, 0.6) is 0 Å². The van der Waals surface area contributed by atoms with Crippen molar-refractivity contribution in [2.24, 2.45) is 10.7 Å². The number of amidine groups is 1. The van der Waals surface area contributed by atoms with Gasteiger partial charge in [0.15, 0.2) is 0 Å². The normalized spacial score (nSPS) is 21.5. The maximum atomic E-state index is 13.4. The minimum absolute atomic E-state index is 0.0302. The van der Waals surface area contributed by atoms with Crippen molar-refractivity contribution in [3.63, 3.8) is 0 Å².